The van der Waals surface area contributed by atoms with Crippen molar-refractivity contribution < 1.29 is 14.6 Å². The lowest BCUT2D eigenvalue weighted by molar-refractivity contribution is -0.126. The smallest absolute Gasteiger partial charge is 0.315 e. The lowest BCUT2D eigenvalue weighted by atomic mass is 9.54. The largest absolute Gasteiger partial charge is 0.387 e. The van der Waals surface area contributed by atoms with Crippen molar-refractivity contribution in [1.29, 1.82) is 0 Å². The first kappa shape index (κ1) is 16.9. The van der Waals surface area contributed by atoms with E-state index in [0.29, 0.717) is 12.0 Å². The minimum Gasteiger partial charge on any atom is -0.387 e. The van der Waals surface area contributed by atoms with Gasteiger partial charge in [-0.1, -0.05) is 42.7 Å². The maximum Gasteiger partial charge on any atom is 0.315 e. The minimum absolute atomic E-state index is 0.161. The maximum absolute atomic E-state index is 12.4. The van der Waals surface area contributed by atoms with E-state index in [-0.39, 0.29) is 24.0 Å². The average molecular weight is 344 g/mol. The maximum atomic E-state index is 12.4. The summed E-state index contributed by atoms with van der Waals surface area (Å²) in [5, 5.41) is 16.3. The first-order valence-electron chi connectivity index (χ1n) is 9.51. The van der Waals surface area contributed by atoms with Gasteiger partial charge >= 0.3 is 6.03 Å². The Morgan fingerprint density at radius 2 is 2.04 bits per heavy atom. The molecular formula is C20H28N2O3. The van der Waals surface area contributed by atoms with E-state index in [2.05, 4.69) is 10.6 Å². The van der Waals surface area contributed by atoms with Crippen molar-refractivity contribution in [3.8, 4) is 0 Å². The second-order valence-corrected chi connectivity index (χ2v) is 7.94. The number of aliphatic hydroxyl groups excluding tert-OH is 1. The SMILES string of the molecule is Cc1ccc(C(O)CNC(=O)NC2C3CCOC3C23CCCC3)cc1. The molecule has 2 aliphatic carbocycles. The Bertz CT molecular complexity index is 624. The van der Waals surface area contributed by atoms with Crippen LogP contribution in [-0.2, 0) is 4.74 Å². The van der Waals surface area contributed by atoms with Gasteiger partial charge in [-0.3, -0.25) is 0 Å². The van der Waals surface area contributed by atoms with Gasteiger partial charge in [0.25, 0.3) is 0 Å². The standard InChI is InChI=1S/C20H28N2O3/c1-13-4-6-14(7-5-13)16(23)12-21-19(24)22-17-15-8-11-25-18(15)20(17)9-2-3-10-20/h4-7,15-18,23H,2-3,8-12H2,1H3,(H2,21,22,24). The van der Waals surface area contributed by atoms with Crippen molar-refractivity contribution >= 4 is 6.03 Å². The summed E-state index contributed by atoms with van der Waals surface area (Å²) in [6.45, 7) is 3.06. The topological polar surface area (TPSA) is 70.6 Å². The van der Waals surface area contributed by atoms with Crippen LogP contribution in [-0.4, -0.2) is 36.4 Å². The van der Waals surface area contributed by atoms with Crippen LogP contribution in [0.4, 0.5) is 4.79 Å². The molecule has 0 radical (unpaired) electrons. The number of benzene rings is 1. The number of urea groups is 1. The summed E-state index contributed by atoms with van der Waals surface area (Å²) < 4.78 is 5.96. The third-order valence-corrected chi connectivity index (χ3v) is 6.49. The molecule has 3 aliphatic rings. The predicted octanol–water partition coefficient (Wildman–Crippen LogP) is 2.68. The number of nitrogens with one attached hydrogen (secondary N) is 2. The molecule has 5 heteroatoms. The fourth-order valence-electron chi connectivity index (χ4n) is 5.19. The summed E-state index contributed by atoms with van der Waals surface area (Å²) in [7, 11) is 0. The van der Waals surface area contributed by atoms with Gasteiger partial charge in [-0.2, -0.15) is 0 Å². The molecule has 1 saturated heterocycles. The van der Waals surface area contributed by atoms with E-state index < -0.39 is 6.10 Å². The van der Waals surface area contributed by atoms with Crippen LogP contribution in [0.15, 0.2) is 24.3 Å². The van der Waals surface area contributed by atoms with Crippen molar-refractivity contribution in [3.05, 3.63) is 35.4 Å². The van der Waals surface area contributed by atoms with Gasteiger partial charge in [0.1, 0.15) is 0 Å². The first-order valence-corrected chi connectivity index (χ1v) is 9.51. The number of aryl methyl sites for hydroxylation is 1. The Labute approximate surface area is 149 Å². The van der Waals surface area contributed by atoms with Crippen LogP contribution in [0.2, 0.25) is 0 Å². The molecule has 4 unspecified atom stereocenters. The van der Waals surface area contributed by atoms with Gasteiger partial charge in [0.15, 0.2) is 0 Å². The molecule has 4 rings (SSSR count). The fraction of sp³-hybridized carbons (Fsp3) is 0.650. The van der Waals surface area contributed by atoms with Crippen LogP contribution in [0.25, 0.3) is 0 Å². The Morgan fingerprint density at radius 1 is 1.32 bits per heavy atom. The molecule has 5 nitrogen and oxygen atoms in total. The number of hydrogen-bond donors (Lipinski definition) is 3. The van der Waals surface area contributed by atoms with Crippen molar-refractivity contribution in [2.75, 3.05) is 13.2 Å². The highest BCUT2D eigenvalue weighted by atomic mass is 16.5. The van der Waals surface area contributed by atoms with Crippen molar-refractivity contribution in [2.24, 2.45) is 11.3 Å². The summed E-state index contributed by atoms with van der Waals surface area (Å²) in [5.74, 6) is 0.464. The van der Waals surface area contributed by atoms with Crippen LogP contribution in [0.1, 0.15) is 49.3 Å². The molecule has 136 valence electrons. The quantitative estimate of drug-likeness (QED) is 0.786. The number of rotatable bonds is 4. The number of ether oxygens (including phenoxy) is 1. The minimum atomic E-state index is -0.684. The molecule has 3 N–H and O–H groups in total. The molecule has 2 amide bonds. The zero-order valence-corrected chi connectivity index (χ0v) is 14.8. The normalized spacial score (nSPS) is 30.6. The zero-order valence-electron chi connectivity index (χ0n) is 14.8. The Morgan fingerprint density at radius 3 is 2.76 bits per heavy atom. The van der Waals surface area contributed by atoms with Gasteiger partial charge in [0.2, 0.25) is 0 Å². The average Bonchev–Trinajstić information content (AvgIpc) is 3.26. The monoisotopic (exact) mass is 344 g/mol. The van der Waals surface area contributed by atoms with Gasteiger partial charge in [0, 0.05) is 30.5 Å². The summed E-state index contributed by atoms with van der Waals surface area (Å²) in [6.07, 6.45) is 5.49. The Hall–Kier alpha value is -1.59. The van der Waals surface area contributed by atoms with Crippen LogP contribution in [0.5, 0.6) is 0 Å². The van der Waals surface area contributed by atoms with Crippen molar-refractivity contribution in [1.82, 2.24) is 10.6 Å². The number of carbonyl (C=O) groups excluding carboxylic acids is 1. The Kier molecular flexibility index (Phi) is 4.46. The third-order valence-electron chi connectivity index (χ3n) is 6.49. The lowest BCUT2D eigenvalue weighted by Crippen LogP contribution is -2.69. The molecule has 1 aliphatic heterocycles. The van der Waals surface area contributed by atoms with E-state index >= 15 is 0 Å². The third kappa shape index (κ3) is 2.93. The van der Waals surface area contributed by atoms with E-state index in [9.17, 15) is 9.90 Å². The molecule has 4 atom stereocenters. The van der Waals surface area contributed by atoms with Gasteiger partial charge in [-0.15, -0.1) is 0 Å². The molecule has 3 fully saturated rings. The number of fused-ring (bicyclic) bond motifs is 2. The van der Waals surface area contributed by atoms with E-state index in [4.69, 9.17) is 4.74 Å². The summed E-state index contributed by atoms with van der Waals surface area (Å²) in [6, 6.07) is 7.79. The summed E-state index contributed by atoms with van der Waals surface area (Å²) >= 11 is 0. The molecule has 1 heterocycles. The molecule has 1 spiro atoms. The van der Waals surface area contributed by atoms with Crippen LogP contribution >= 0.6 is 0 Å². The number of hydrogen-bond acceptors (Lipinski definition) is 3. The van der Waals surface area contributed by atoms with Gasteiger partial charge in [-0.25, -0.2) is 4.79 Å². The van der Waals surface area contributed by atoms with Crippen LogP contribution in [0.3, 0.4) is 0 Å². The Balaban J connectivity index is 1.32. The lowest BCUT2D eigenvalue weighted by Gasteiger charge is -2.56. The van der Waals surface area contributed by atoms with Crippen LogP contribution in [0, 0.1) is 18.3 Å². The molecule has 0 aromatic heterocycles. The fourth-order valence-corrected chi connectivity index (χ4v) is 5.19. The zero-order chi connectivity index (χ0) is 17.4. The van der Waals surface area contributed by atoms with Gasteiger partial charge < -0.3 is 20.5 Å². The van der Waals surface area contributed by atoms with Gasteiger partial charge in [-0.05, 0) is 31.7 Å². The highest BCUT2D eigenvalue weighted by Gasteiger charge is 2.65. The molecule has 0 bridgehead atoms. The van der Waals surface area contributed by atoms with Crippen molar-refractivity contribution in [3.63, 3.8) is 0 Å². The number of aliphatic hydroxyl groups is 1. The number of carbonyl (C=O) groups is 1. The van der Waals surface area contributed by atoms with Crippen molar-refractivity contribution in [2.45, 2.75) is 57.3 Å². The molecular weight excluding hydrogens is 316 g/mol. The second kappa shape index (κ2) is 6.61. The van der Waals surface area contributed by atoms with E-state index in [1.54, 1.807) is 0 Å². The van der Waals surface area contributed by atoms with Gasteiger partial charge in [0.05, 0.1) is 12.2 Å². The molecule has 1 aromatic rings. The van der Waals surface area contributed by atoms with Crippen LogP contribution < -0.4 is 10.6 Å². The predicted molar refractivity (Wildman–Crippen MR) is 95.2 cm³/mol. The molecule has 1 aromatic carbocycles. The first-order chi connectivity index (χ1) is 12.1. The summed E-state index contributed by atoms with van der Waals surface area (Å²) in [5.41, 5.74) is 2.14. The molecule has 25 heavy (non-hydrogen) atoms. The second-order valence-electron chi connectivity index (χ2n) is 7.94. The molecule has 2 saturated carbocycles. The number of amides is 2. The van der Waals surface area contributed by atoms with E-state index in [1.807, 2.05) is 31.2 Å². The summed E-state index contributed by atoms with van der Waals surface area (Å²) in [4.78, 5) is 12.4. The highest BCUT2D eigenvalue weighted by Crippen LogP contribution is 2.60. The van der Waals surface area contributed by atoms with E-state index in [1.165, 1.54) is 12.8 Å². The van der Waals surface area contributed by atoms with E-state index in [0.717, 1.165) is 37.0 Å². The highest BCUT2D eigenvalue weighted by molar-refractivity contribution is 5.74.